The number of sulfone groups is 1. The Balaban J connectivity index is 1.91. The van der Waals surface area contributed by atoms with Crippen LogP contribution in [-0.2, 0) is 14.6 Å². The second-order valence-corrected chi connectivity index (χ2v) is 11.2. The number of amides is 1. The molecule has 0 bridgehead atoms. The van der Waals surface area contributed by atoms with Crippen molar-refractivity contribution in [2.45, 2.75) is 30.7 Å². The first-order chi connectivity index (χ1) is 15.1. The molecule has 1 N–H and O–H groups in total. The van der Waals surface area contributed by atoms with E-state index in [4.69, 9.17) is 23.2 Å². The van der Waals surface area contributed by atoms with Gasteiger partial charge in [-0.05, 0) is 42.0 Å². The molecule has 0 spiro atoms. The number of halogens is 2. The van der Waals surface area contributed by atoms with E-state index in [2.05, 4.69) is 10.2 Å². The lowest BCUT2D eigenvalue weighted by molar-refractivity contribution is -0.117. The Hall–Kier alpha value is -2.46. The molecule has 166 valence electrons. The molecule has 0 saturated carbocycles. The number of aliphatic hydroxyl groups excluding tert-OH is 1. The molecule has 2 heterocycles. The van der Waals surface area contributed by atoms with Gasteiger partial charge in [0, 0.05) is 16.0 Å². The zero-order valence-electron chi connectivity index (χ0n) is 16.9. The maximum atomic E-state index is 13.5. The highest BCUT2D eigenvalue weighted by Crippen LogP contribution is 2.46. The average molecular weight is 510 g/mol. The van der Waals surface area contributed by atoms with Crippen molar-refractivity contribution in [2.24, 2.45) is 0 Å². The number of hydrogen-bond donors (Lipinski definition) is 1. The van der Waals surface area contributed by atoms with Crippen molar-refractivity contribution in [1.82, 2.24) is 10.2 Å². The van der Waals surface area contributed by atoms with Crippen LogP contribution in [0.3, 0.4) is 0 Å². The van der Waals surface area contributed by atoms with Crippen LogP contribution in [0.2, 0.25) is 10.0 Å². The summed E-state index contributed by atoms with van der Waals surface area (Å²) in [5, 5.41) is 20.6. The fraction of sp³-hybridized carbons (Fsp3) is 0.190. The number of aliphatic hydroxyl groups is 1. The van der Waals surface area contributed by atoms with Crippen LogP contribution < -0.4 is 4.90 Å². The third kappa shape index (κ3) is 3.90. The van der Waals surface area contributed by atoms with Gasteiger partial charge >= 0.3 is 0 Å². The van der Waals surface area contributed by atoms with Crippen LogP contribution in [0, 0.1) is 0 Å². The van der Waals surface area contributed by atoms with Gasteiger partial charge in [-0.2, -0.15) is 0 Å². The van der Waals surface area contributed by atoms with Gasteiger partial charge in [-0.15, -0.1) is 10.2 Å². The van der Waals surface area contributed by atoms with Gasteiger partial charge in [0.25, 0.3) is 5.91 Å². The first kappa shape index (κ1) is 22.7. The zero-order valence-corrected chi connectivity index (χ0v) is 20.0. The van der Waals surface area contributed by atoms with Crippen LogP contribution in [0.15, 0.2) is 64.1 Å². The van der Waals surface area contributed by atoms with Crippen molar-refractivity contribution in [3.05, 3.63) is 79.8 Å². The van der Waals surface area contributed by atoms with Crippen LogP contribution in [0.4, 0.5) is 5.13 Å². The van der Waals surface area contributed by atoms with Crippen LogP contribution in [-0.4, -0.2) is 29.6 Å². The molecule has 0 saturated heterocycles. The molecule has 1 amide bonds. The summed E-state index contributed by atoms with van der Waals surface area (Å²) >= 11 is 13.1. The lowest BCUT2D eigenvalue weighted by atomic mass is 10.1. The minimum Gasteiger partial charge on any atom is -0.502 e. The minimum absolute atomic E-state index is 0.0618. The molecule has 0 fully saturated rings. The van der Waals surface area contributed by atoms with Crippen molar-refractivity contribution in [1.29, 1.82) is 0 Å². The highest BCUT2D eigenvalue weighted by molar-refractivity contribution is 7.95. The van der Waals surface area contributed by atoms with Gasteiger partial charge in [-0.3, -0.25) is 9.69 Å². The summed E-state index contributed by atoms with van der Waals surface area (Å²) in [6.45, 7) is 3.86. The molecule has 32 heavy (non-hydrogen) atoms. The molecule has 11 heteroatoms. The van der Waals surface area contributed by atoms with Gasteiger partial charge in [0.1, 0.15) is 16.0 Å². The molecule has 4 rings (SSSR count). The highest BCUT2D eigenvalue weighted by Gasteiger charge is 2.48. The molecule has 1 atom stereocenters. The van der Waals surface area contributed by atoms with Crippen LogP contribution in [0.1, 0.15) is 36.4 Å². The third-order valence-corrected chi connectivity index (χ3v) is 8.51. The molecule has 0 aliphatic carbocycles. The standard InChI is InChI=1S/C21H17Cl2N3O4S2/c1-11(2)19-24-25-21(31-19)26-16(12-3-5-13(22)6-4-12)18(17(27)20(26)28)32(29,30)15-9-7-14(23)8-10-15/h3-11,16,27H,1-2H3. The van der Waals surface area contributed by atoms with E-state index in [9.17, 15) is 18.3 Å². The van der Waals surface area contributed by atoms with Crippen molar-refractivity contribution >= 4 is 55.4 Å². The summed E-state index contributed by atoms with van der Waals surface area (Å²) in [6.07, 6.45) is 0. The van der Waals surface area contributed by atoms with Crippen molar-refractivity contribution in [3.8, 4) is 0 Å². The Morgan fingerprint density at radius 2 is 1.56 bits per heavy atom. The Bertz CT molecular complexity index is 1320. The van der Waals surface area contributed by atoms with E-state index >= 15 is 0 Å². The van der Waals surface area contributed by atoms with E-state index in [1.165, 1.54) is 24.3 Å². The number of aromatic nitrogens is 2. The second-order valence-electron chi connectivity index (χ2n) is 7.38. The molecular formula is C21H17Cl2N3O4S2. The van der Waals surface area contributed by atoms with E-state index < -0.39 is 32.5 Å². The van der Waals surface area contributed by atoms with E-state index in [1.807, 2.05) is 13.8 Å². The van der Waals surface area contributed by atoms with Crippen LogP contribution in [0.25, 0.3) is 0 Å². The molecule has 3 aromatic rings. The minimum atomic E-state index is -4.26. The van der Waals surface area contributed by atoms with Gasteiger partial charge in [0.05, 0.1) is 4.90 Å². The molecule has 1 aromatic heterocycles. The summed E-state index contributed by atoms with van der Waals surface area (Å²) in [5.41, 5.74) is 0.445. The number of nitrogens with zero attached hydrogens (tertiary/aromatic N) is 3. The van der Waals surface area contributed by atoms with Crippen molar-refractivity contribution in [3.63, 3.8) is 0 Å². The summed E-state index contributed by atoms with van der Waals surface area (Å²) < 4.78 is 27.1. The molecule has 1 aliphatic heterocycles. The summed E-state index contributed by atoms with van der Waals surface area (Å²) in [4.78, 5) is 13.7. The summed E-state index contributed by atoms with van der Waals surface area (Å²) in [7, 11) is -4.26. The number of carbonyl (C=O) groups is 1. The average Bonchev–Trinajstić information content (AvgIpc) is 3.33. The van der Waals surface area contributed by atoms with E-state index in [-0.39, 0.29) is 15.9 Å². The number of rotatable bonds is 5. The first-order valence-corrected chi connectivity index (χ1v) is 12.5. The third-order valence-electron chi connectivity index (χ3n) is 4.89. The smallest absolute Gasteiger partial charge is 0.296 e. The molecule has 1 unspecified atom stereocenters. The Kier molecular flexibility index (Phi) is 6.02. The fourth-order valence-corrected chi connectivity index (χ4v) is 6.05. The number of anilines is 1. The van der Waals surface area contributed by atoms with Gasteiger partial charge < -0.3 is 5.11 Å². The molecule has 0 radical (unpaired) electrons. The predicted molar refractivity (Wildman–Crippen MR) is 124 cm³/mol. The quantitative estimate of drug-likeness (QED) is 0.500. The zero-order chi connectivity index (χ0) is 23.2. The van der Waals surface area contributed by atoms with Gasteiger partial charge in [-0.25, -0.2) is 8.42 Å². The number of carbonyl (C=O) groups excluding carboxylic acids is 1. The SMILES string of the molecule is CC(C)c1nnc(N2C(=O)C(O)=C(S(=O)(=O)c3ccc(Cl)cc3)C2c2ccc(Cl)cc2)s1. The second kappa shape index (κ2) is 8.47. The Labute approximate surface area is 198 Å². The van der Waals surface area contributed by atoms with E-state index in [0.717, 1.165) is 16.2 Å². The highest BCUT2D eigenvalue weighted by atomic mass is 35.5. The topological polar surface area (TPSA) is 100 Å². The van der Waals surface area contributed by atoms with Gasteiger partial charge in [0.2, 0.25) is 15.0 Å². The monoisotopic (exact) mass is 509 g/mol. The van der Waals surface area contributed by atoms with Gasteiger partial charge in [-0.1, -0.05) is 60.5 Å². The molecule has 2 aromatic carbocycles. The number of hydrogen-bond acceptors (Lipinski definition) is 7. The van der Waals surface area contributed by atoms with Crippen molar-refractivity contribution < 1.29 is 18.3 Å². The normalized spacial score (nSPS) is 17.0. The molecule has 1 aliphatic rings. The predicted octanol–water partition coefficient (Wildman–Crippen LogP) is 5.30. The molecule has 7 nitrogen and oxygen atoms in total. The van der Waals surface area contributed by atoms with E-state index in [0.29, 0.717) is 20.6 Å². The molecular weight excluding hydrogens is 493 g/mol. The van der Waals surface area contributed by atoms with Gasteiger partial charge in [0.15, 0.2) is 5.76 Å². The largest absolute Gasteiger partial charge is 0.502 e. The first-order valence-electron chi connectivity index (χ1n) is 9.47. The van der Waals surface area contributed by atoms with Crippen molar-refractivity contribution in [2.75, 3.05) is 4.90 Å². The summed E-state index contributed by atoms with van der Waals surface area (Å²) in [6, 6.07) is 10.7. The van der Waals surface area contributed by atoms with Crippen LogP contribution >= 0.6 is 34.5 Å². The van der Waals surface area contributed by atoms with E-state index in [1.54, 1.807) is 24.3 Å². The number of benzene rings is 2. The fourth-order valence-electron chi connectivity index (χ4n) is 3.30. The summed E-state index contributed by atoms with van der Waals surface area (Å²) in [5.74, 6) is -1.67. The Morgan fingerprint density at radius 3 is 2.09 bits per heavy atom. The lowest BCUT2D eigenvalue weighted by Crippen LogP contribution is -2.31. The lowest BCUT2D eigenvalue weighted by Gasteiger charge is -2.24. The maximum absolute atomic E-state index is 13.5. The van der Waals surface area contributed by atoms with Crippen LogP contribution in [0.5, 0.6) is 0 Å². The maximum Gasteiger partial charge on any atom is 0.296 e. The Morgan fingerprint density at radius 1 is 1.00 bits per heavy atom.